The zero-order valence-corrected chi connectivity index (χ0v) is 8.70. The lowest BCUT2D eigenvalue weighted by atomic mass is 10.1. The summed E-state index contributed by atoms with van der Waals surface area (Å²) in [6.45, 7) is 0. The minimum atomic E-state index is 0.542. The van der Waals surface area contributed by atoms with Gasteiger partial charge in [-0.15, -0.1) is 11.6 Å². The molecule has 2 nitrogen and oxygen atoms in total. The van der Waals surface area contributed by atoms with E-state index in [9.17, 15) is 0 Å². The number of benzene rings is 1. The number of hydrogen-bond donors (Lipinski definition) is 0. The fraction of sp³-hybridized carbons (Fsp3) is 0.182. The number of alkyl halides is 1. The smallest absolute Gasteiger partial charge is 0.0951 e. The number of hydrogen-bond acceptors (Lipinski definition) is 1. The molecule has 1 aromatic carbocycles. The van der Waals surface area contributed by atoms with Crippen molar-refractivity contribution in [3.63, 3.8) is 0 Å². The summed E-state index contributed by atoms with van der Waals surface area (Å²) in [5, 5.41) is 0. The molecule has 0 amide bonds. The van der Waals surface area contributed by atoms with Crippen LogP contribution in [0.3, 0.4) is 0 Å². The number of rotatable bonds is 2. The molecule has 0 aliphatic carbocycles. The fourth-order valence-electron chi connectivity index (χ4n) is 1.38. The van der Waals surface area contributed by atoms with E-state index >= 15 is 0 Å². The van der Waals surface area contributed by atoms with Crippen molar-refractivity contribution in [3.8, 4) is 11.3 Å². The highest BCUT2D eigenvalue weighted by Crippen LogP contribution is 2.18. The molecule has 0 saturated heterocycles. The predicted molar refractivity (Wildman–Crippen MR) is 58.2 cm³/mol. The van der Waals surface area contributed by atoms with Crippen LogP contribution in [-0.4, -0.2) is 9.55 Å². The fourth-order valence-corrected chi connectivity index (χ4v) is 1.54. The summed E-state index contributed by atoms with van der Waals surface area (Å²) in [6.07, 6.45) is 3.79. The summed E-state index contributed by atoms with van der Waals surface area (Å²) in [7, 11) is 1.96. The zero-order valence-electron chi connectivity index (χ0n) is 7.94. The van der Waals surface area contributed by atoms with Gasteiger partial charge in [0.25, 0.3) is 0 Å². The van der Waals surface area contributed by atoms with E-state index in [0.29, 0.717) is 5.88 Å². The molecule has 0 fully saturated rings. The van der Waals surface area contributed by atoms with Gasteiger partial charge in [-0.05, 0) is 11.6 Å². The Morgan fingerprint density at radius 1 is 1.43 bits per heavy atom. The number of aromatic nitrogens is 2. The highest BCUT2D eigenvalue weighted by molar-refractivity contribution is 6.17. The second-order valence-electron chi connectivity index (χ2n) is 3.26. The summed E-state index contributed by atoms with van der Waals surface area (Å²) in [5.41, 5.74) is 3.22. The van der Waals surface area contributed by atoms with Gasteiger partial charge in [-0.25, -0.2) is 4.98 Å². The van der Waals surface area contributed by atoms with Crippen molar-refractivity contribution in [2.75, 3.05) is 0 Å². The van der Waals surface area contributed by atoms with E-state index in [4.69, 9.17) is 11.6 Å². The van der Waals surface area contributed by atoms with Crippen LogP contribution in [0.2, 0.25) is 0 Å². The van der Waals surface area contributed by atoms with E-state index in [1.807, 2.05) is 36.0 Å². The summed E-state index contributed by atoms with van der Waals surface area (Å²) < 4.78 is 1.93. The van der Waals surface area contributed by atoms with Crippen LogP contribution in [0.15, 0.2) is 36.8 Å². The Bertz CT molecular complexity index is 434. The number of nitrogens with zero attached hydrogens (tertiary/aromatic N) is 2. The van der Waals surface area contributed by atoms with Gasteiger partial charge in [0.15, 0.2) is 0 Å². The molecule has 2 aromatic rings. The molecule has 2 rings (SSSR count). The lowest BCUT2D eigenvalue weighted by Gasteiger charge is -1.99. The van der Waals surface area contributed by atoms with E-state index in [-0.39, 0.29) is 0 Å². The predicted octanol–water partition coefficient (Wildman–Crippen LogP) is 2.83. The molecule has 72 valence electrons. The van der Waals surface area contributed by atoms with Crippen LogP contribution in [0.25, 0.3) is 11.3 Å². The summed E-state index contributed by atoms with van der Waals surface area (Å²) in [5.74, 6) is 0.542. The Morgan fingerprint density at radius 3 is 2.93 bits per heavy atom. The first-order valence-electron chi connectivity index (χ1n) is 4.43. The van der Waals surface area contributed by atoms with Gasteiger partial charge in [-0.3, -0.25) is 0 Å². The van der Waals surface area contributed by atoms with Crippen LogP contribution in [-0.2, 0) is 12.9 Å². The average molecular weight is 207 g/mol. The van der Waals surface area contributed by atoms with Gasteiger partial charge in [-0.2, -0.15) is 0 Å². The minimum absolute atomic E-state index is 0.542. The maximum absolute atomic E-state index is 5.77. The third kappa shape index (κ3) is 1.80. The average Bonchev–Trinajstić information content (AvgIpc) is 2.65. The van der Waals surface area contributed by atoms with E-state index in [0.717, 1.165) is 16.8 Å². The van der Waals surface area contributed by atoms with Crippen molar-refractivity contribution in [2.24, 2.45) is 7.05 Å². The Hall–Kier alpha value is -1.28. The number of imidazole rings is 1. The summed E-state index contributed by atoms with van der Waals surface area (Å²) in [4.78, 5) is 4.28. The standard InChI is InChI=1S/C11H11ClN2/c1-14-7-11(13-8-14)10-4-2-3-9(5-10)6-12/h2-5,7-8H,6H2,1H3. The van der Waals surface area contributed by atoms with Gasteiger partial charge >= 0.3 is 0 Å². The maximum atomic E-state index is 5.77. The van der Waals surface area contributed by atoms with Crippen LogP contribution in [0.5, 0.6) is 0 Å². The van der Waals surface area contributed by atoms with E-state index in [1.54, 1.807) is 6.33 Å². The van der Waals surface area contributed by atoms with Crippen LogP contribution < -0.4 is 0 Å². The lowest BCUT2D eigenvalue weighted by molar-refractivity contribution is 0.913. The molecular formula is C11H11ClN2. The third-order valence-electron chi connectivity index (χ3n) is 2.08. The van der Waals surface area contributed by atoms with E-state index < -0.39 is 0 Å². The normalized spacial score (nSPS) is 10.4. The van der Waals surface area contributed by atoms with Gasteiger partial charge in [0.05, 0.1) is 12.0 Å². The quantitative estimate of drug-likeness (QED) is 0.691. The summed E-state index contributed by atoms with van der Waals surface area (Å²) in [6, 6.07) is 8.12. The molecule has 0 radical (unpaired) electrons. The Labute approximate surface area is 88.2 Å². The highest BCUT2D eigenvalue weighted by Gasteiger charge is 2.00. The molecule has 14 heavy (non-hydrogen) atoms. The molecule has 0 unspecified atom stereocenters. The van der Waals surface area contributed by atoms with E-state index in [1.165, 1.54) is 0 Å². The van der Waals surface area contributed by atoms with Crippen LogP contribution in [0.4, 0.5) is 0 Å². The van der Waals surface area contributed by atoms with Crippen molar-refractivity contribution < 1.29 is 0 Å². The van der Waals surface area contributed by atoms with E-state index in [2.05, 4.69) is 11.1 Å². The summed E-state index contributed by atoms with van der Waals surface area (Å²) >= 11 is 5.77. The van der Waals surface area contributed by atoms with Crippen molar-refractivity contribution in [1.82, 2.24) is 9.55 Å². The van der Waals surface area contributed by atoms with Gasteiger partial charge < -0.3 is 4.57 Å². The molecule has 1 aromatic heterocycles. The lowest BCUT2D eigenvalue weighted by Crippen LogP contribution is -1.81. The van der Waals surface area contributed by atoms with Crippen molar-refractivity contribution >= 4 is 11.6 Å². The van der Waals surface area contributed by atoms with Crippen LogP contribution >= 0.6 is 11.6 Å². The van der Waals surface area contributed by atoms with Crippen LogP contribution in [0, 0.1) is 0 Å². The number of halogens is 1. The van der Waals surface area contributed by atoms with Crippen LogP contribution in [0.1, 0.15) is 5.56 Å². The Kier molecular flexibility index (Phi) is 2.55. The molecule has 0 saturated carbocycles. The zero-order chi connectivity index (χ0) is 9.97. The van der Waals surface area contributed by atoms with Gasteiger partial charge in [-0.1, -0.05) is 18.2 Å². The molecule has 0 atom stereocenters. The Balaban J connectivity index is 2.41. The topological polar surface area (TPSA) is 17.8 Å². The maximum Gasteiger partial charge on any atom is 0.0951 e. The van der Waals surface area contributed by atoms with Gasteiger partial charge in [0.1, 0.15) is 0 Å². The van der Waals surface area contributed by atoms with Crippen molar-refractivity contribution in [2.45, 2.75) is 5.88 Å². The first-order chi connectivity index (χ1) is 6.79. The second-order valence-corrected chi connectivity index (χ2v) is 3.53. The largest absolute Gasteiger partial charge is 0.340 e. The molecular weight excluding hydrogens is 196 g/mol. The molecule has 3 heteroatoms. The molecule has 0 aliphatic rings. The number of aryl methyl sites for hydroxylation is 1. The van der Waals surface area contributed by atoms with Gasteiger partial charge in [0, 0.05) is 24.7 Å². The molecule has 0 spiro atoms. The molecule has 0 N–H and O–H groups in total. The second kappa shape index (κ2) is 3.84. The first kappa shape index (κ1) is 9.28. The molecule has 0 aliphatic heterocycles. The highest BCUT2D eigenvalue weighted by atomic mass is 35.5. The minimum Gasteiger partial charge on any atom is -0.340 e. The molecule has 1 heterocycles. The third-order valence-corrected chi connectivity index (χ3v) is 2.39. The molecule has 0 bridgehead atoms. The van der Waals surface area contributed by atoms with Gasteiger partial charge in [0.2, 0.25) is 0 Å². The van der Waals surface area contributed by atoms with Crippen molar-refractivity contribution in [1.29, 1.82) is 0 Å². The van der Waals surface area contributed by atoms with Crippen molar-refractivity contribution in [3.05, 3.63) is 42.4 Å². The Morgan fingerprint density at radius 2 is 2.29 bits per heavy atom. The first-order valence-corrected chi connectivity index (χ1v) is 4.96. The SMILES string of the molecule is Cn1cnc(-c2cccc(CCl)c2)c1. The monoisotopic (exact) mass is 206 g/mol.